The lowest BCUT2D eigenvalue weighted by atomic mass is 10.2. The number of hydrogen-bond donors (Lipinski definition) is 2. The first-order valence-electron chi connectivity index (χ1n) is 10.0. The minimum absolute atomic E-state index is 0.165. The Balaban J connectivity index is 1.66. The predicted octanol–water partition coefficient (Wildman–Crippen LogP) is 4.13. The topological polar surface area (TPSA) is 96.5 Å². The number of rotatable bonds is 9. The molecule has 1 heterocycles. The van der Waals surface area contributed by atoms with E-state index < -0.39 is 0 Å². The molecule has 0 saturated heterocycles. The molecule has 0 bridgehead atoms. The van der Waals surface area contributed by atoms with Gasteiger partial charge < -0.3 is 15.4 Å². The van der Waals surface area contributed by atoms with Crippen LogP contribution in [0.1, 0.15) is 6.92 Å². The first-order chi connectivity index (χ1) is 15.4. The van der Waals surface area contributed by atoms with Gasteiger partial charge in [-0.15, -0.1) is 0 Å². The van der Waals surface area contributed by atoms with Crippen LogP contribution < -0.4 is 10.6 Å². The fourth-order valence-electron chi connectivity index (χ4n) is 2.95. The standard InChI is InChI=1S/C23H24BrN5O3/c1-3-32-22(31)14-29(2)11-5-8-21(30)27-18-9-10-20-19(13-18)23(26-15-25-20)28-17-7-4-6-16(24)12-17/h4-10,12-13,15H,3,11,14H2,1-2H3,(H,27,30)(H,25,26,28)/b8-5+. The van der Waals surface area contributed by atoms with Gasteiger partial charge >= 0.3 is 5.97 Å². The van der Waals surface area contributed by atoms with Crippen molar-refractivity contribution in [2.24, 2.45) is 0 Å². The van der Waals surface area contributed by atoms with Crippen molar-refractivity contribution in [3.8, 4) is 0 Å². The number of anilines is 3. The van der Waals surface area contributed by atoms with Crippen LogP contribution in [0.4, 0.5) is 17.2 Å². The summed E-state index contributed by atoms with van der Waals surface area (Å²) in [7, 11) is 1.78. The van der Waals surface area contributed by atoms with Gasteiger partial charge in [-0.25, -0.2) is 9.97 Å². The summed E-state index contributed by atoms with van der Waals surface area (Å²) in [5.41, 5.74) is 2.26. The van der Waals surface area contributed by atoms with Gasteiger partial charge in [-0.1, -0.05) is 28.1 Å². The van der Waals surface area contributed by atoms with E-state index in [0.717, 1.165) is 21.1 Å². The molecule has 3 aromatic rings. The molecular formula is C23H24BrN5O3. The maximum atomic E-state index is 12.3. The van der Waals surface area contributed by atoms with Gasteiger partial charge in [0.25, 0.3) is 0 Å². The summed E-state index contributed by atoms with van der Waals surface area (Å²) >= 11 is 3.46. The number of carbonyl (C=O) groups is 2. The van der Waals surface area contributed by atoms with Crippen molar-refractivity contribution in [3.05, 3.63) is 65.4 Å². The molecular weight excluding hydrogens is 474 g/mol. The van der Waals surface area contributed by atoms with Crippen LogP contribution in [-0.2, 0) is 14.3 Å². The minimum atomic E-state index is -0.293. The van der Waals surface area contributed by atoms with Gasteiger partial charge in [0, 0.05) is 33.9 Å². The first kappa shape index (κ1) is 23.4. The average Bonchev–Trinajstić information content (AvgIpc) is 2.74. The highest BCUT2D eigenvalue weighted by molar-refractivity contribution is 9.10. The molecule has 0 spiro atoms. The average molecular weight is 498 g/mol. The number of carbonyl (C=O) groups excluding carboxylic acids is 2. The number of nitrogens with zero attached hydrogens (tertiary/aromatic N) is 3. The quantitative estimate of drug-likeness (QED) is 0.338. The lowest BCUT2D eigenvalue weighted by Crippen LogP contribution is -2.27. The van der Waals surface area contributed by atoms with Gasteiger partial charge in [-0.2, -0.15) is 0 Å². The zero-order valence-corrected chi connectivity index (χ0v) is 19.4. The molecule has 0 aliphatic heterocycles. The number of amides is 1. The smallest absolute Gasteiger partial charge is 0.320 e. The summed E-state index contributed by atoms with van der Waals surface area (Å²) in [5.74, 6) is 0.0751. The highest BCUT2D eigenvalue weighted by Gasteiger charge is 2.08. The number of halogens is 1. The zero-order chi connectivity index (χ0) is 22.9. The second kappa shape index (κ2) is 11.4. The highest BCUT2D eigenvalue weighted by atomic mass is 79.9. The Morgan fingerprint density at radius 2 is 2.00 bits per heavy atom. The largest absolute Gasteiger partial charge is 0.465 e. The molecule has 1 amide bonds. The van der Waals surface area contributed by atoms with E-state index in [1.54, 1.807) is 31.0 Å². The number of benzene rings is 2. The fourth-order valence-corrected chi connectivity index (χ4v) is 3.35. The Labute approximate surface area is 194 Å². The number of ether oxygens (including phenoxy) is 1. The van der Waals surface area contributed by atoms with Gasteiger partial charge in [0.2, 0.25) is 5.91 Å². The Morgan fingerprint density at radius 1 is 1.16 bits per heavy atom. The van der Waals surface area contributed by atoms with Crippen molar-refractivity contribution in [1.82, 2.24) is 14.9 Å². The van der Waals surface area contributed by atoms with Gasteiger partial charge in [0.15, 0.2) is 0 Å². The van der Waals surface area contributed by atoms with Crippen LogP contribution in [0.5, 0.6) is 0 Å². The molecule has 1 aromatic heterocycles. The van der Waals surface area contributed by atoms with E-state index in [4.69, 9.17) is 4.74 Å². The molecule has 2 N–H and O–H groups in total. The van der Waals surface area contributed by atoms with Crippen LogP contribution in [0.3, 0.4) is 0 Å². The van der Waals surface area contributed by atoms with Gasteiger partial charge in [-0.05, 0) is 50.4 Å². The van der Waals surface area contributed by atoms with Gasteiger partial charge in [0.05, 0.1) is 18.7 Å². The lowest BCUT2D eigenvalue weighted by molar-refractivity contribution is -0.143. The number of nitrogens with one attached hydrogen (secondary N) is 2. The summed E-state index contributed by atoms with van der Waals surface area (Å²) in [6.45, 7) is 2.72. The van der Waals surface area contributed by atoms with Crippen LogP contribution >= 0.6 is 15.9 Å². The molecule has 0 aliphatic rings. The molecule has 0 unspecified atom stereocenters. The molecule has 3 rings (SSSR count). The molecule has 0 radical (unpaired) electrons. The fraction of sp³-hybridized carbons (Fsp3) is 0.217. The normalized spacial score (nSPS) is 11.1. The number of likely N-dealkylation sites (N-methyl/N-ethyl adjacent to an activating group) is 1. The van der Waals surface area contributed by atoms with Crippen molar-refractivity contribution in [2.45, 2.75) is 6.92 Å². The van der Waals surface area contributed by atoms with Crippen LogP contribution in [0, 0.1) is 0 Å². The first-order valence-corrected chi connectivity index (χ1v) is 10.8. The van der Waals surface area contributed by atoms with E-state index in [-0.39, 0.29) is 18.4 Å². The second-order valence-electron chi connectivity index (χ2n) is 6.98. The van der Waals surface area contributed by atoms with Crippen LogP contribution in [0.2, 0.25) is 0 Å². The SMILES string of the molecule is CCOC(=O)CN(C)C/C=C/C(=O)Nc1ccc2ncnc(Nc3cccc(Br)c3)c2c1. The van der Waals surface area contributed by atoms with Gasteiger partial charge in [0.1, 0.15) is 12.1 Å². The summed E-state index contributed by atoms with van der Waals surface area (Å²) in [6.07, 6.45) is 4.63. The highest BCUT2D eigenvalue weighted by Crippen LogP contribution is 2.26. The van der Waals surface area contributed by atoms with E-state index in [0.29, 0.717) is 24.7 Å². The van der Waals surface area contributed by atoms with Crippen molar-refractivity contribution >= 4 is 55.9 Å². The summed E-state index contributed by atoms with van der Waals surface area (Å²) in [4.78, 5) is 34.2. The Bertz CT molecular complexity index is 1140. The van der Waals surface area contributed by atoms with E-state index in [2.05, 4.69) is 36.5 Å². The van der Waals surface area contributed by atoms with E-state index in [9.17, 15) is 9.59 Å². The van der Waals surface area contributed by atoms with E-state index in [1.165, 1.54) is 12.4 Å². The third-order valence-corrected chi connectivity index (χ3v) is 4.87. The van der Waals surface area contributed by atoms with Crippen molar-refractivity contribution in [2.75, 3.05) is 37.4 Å². The molecule has 0 atom stereocenters. The minimum Gasteiger partial charge on any atom is -0.465 e. The molecule has 0 aliphatic carbocycles. The van der Waals surface area contributed by atoms with E-state index in [1.807, 2.05) is 36.4 Å². The van der Waals surface area contributed by atoms with Crippen molar-refractivity contribution < 1.29 is 14.3 Å². The van der Waals surface area contributed by atoms with Crippen LogP contribution in [0.15, 0.2) is 65.4 Å². The van der Waals surface area contributed by atoms with Crippen LogP contribution in [0.25, 0.3) is 10.9 Å². The number of esters is 1. The molecule has 8 nitrogen and oxygen atoms in total. The lowest BCUT2D eigenvalue weighted by Gasteiger charge is -2.12. The van der Waals surface area contributed by atoms with Crippen molar-refractivity contribution in [3.63, 3.8) is 0 Å². The number of aromatic nitrogens is 2. The molecule has 32 heavy (non-hydrogen) atoms. The molecule has 166 valence electrons. The maximum absolute atomic E-state index is 12.3. The molecule has 0 saturated carbocycles. The molecule has 9 heteroatoms. The van der Waals surface area contributed by atoms with E-state index >= 15 is 0 Å². The second-order valence-corrected chi connectivity index (χ2v) is 7.90. The maximum Gasteiger partial charge on any atom is 0.320 e. The third kappa shape index (κ3) is 6.86. The van der Waals surface area contributed by atoms with Crippen LogP contribution in [-0.4, -0.2) is 53.5 Å². The summed E-state index contributed by atoms with van der Waals surface area (Å²) in [6, 6.07) is 13.2. The summed E-state index contributed by atoms with van der Waals surface area (Å²) < 4.78 is 5.86. The monoisotopic (exact) mass is 497 g/mol. The number of hydrogen-bond acceptors (Lipinski definition) is 7. The summed E-state index contributed by atoms with van der Waals surface area (Å²) in [5, 5.41) is 6.91. The molecule has 0 fully saturated rings. The Hall–Kier alpha value is -3.30. The van der Waals surface area contributed by atoms with Gasteiger partial charge in [-0.3, -0.25) is 14.5 Å². The zero-order valence-electron chi connectivity index (χ0n) is 17.8. The molecule has 2 aromatic carbocycles. The third-order valence-electron chi connectivity index (χ3n) is 4.38. The Morgan fingerprint density at radius 3 is 2.78 bits per heavy atom. The number of fused-ring (bicyclic) bond motifs is 1. The predicted molar refractivity (Wildman–Crippen MR) is 129 cm³/mol. The Kier molecular flexibility index (Phi) is 8.29. The van der Waals surface area contributed by atoms with Crippen molar-refractivity contribution in [1.29, 1.82) is 0 Å².